The zero-order valence-electron chi connectivity index (χ0n) is 19.9. The van der Waals surface area contributed by atoms with Crippen LogP contribution in [0.5, 0.6) is 0 Å². The minimum absolute atomic E-state index is 0.0141. The molecule has 1 atom stereocenters. The van der Waals surface area contributed by atoms with E-state index in [1.807, 2.05) is 30.3 Å². The van der Waals surface area contributed by atoms with Crippen LogP contribution in [0.1, 0.15) is 113 Å². The van der Waals surface area contributed by atoms with Crippen molar-refractivity contribution in [2.24, 2.45) is 5.92 Å². The third-order valence-corrected chi connectivity index (χ3v) is 7.66. The average Bonchev–Trinajstić information content (AvgIpc) is 2.80. The fraction of sp³-hybridized carbons (Fsp3) is 0.552. The molecule has 0 saturated heterocycles. The van der Waals surface area contributed by atoms with Gasteiger partial charge in [-0.25, -0.2) is 0 Å². The van der Waals surface area contributed by atoms with E-state index < -0.39 is 0 Å². The molecule has 1 aliphatic carbocycles. The summed E-state index contributed by atoms with van der Waals surface area (Å²) in [5, 5.41) is 13.0. The molecule has 1 unspecified atom stereocenters. The molecule has 0 aromatic heterocycles. The third kappa shape index (κ3) is 6.04. The van der Waals surface area contributed by atoms with Gasteiger partial charge in [0.05, 0.1) is 0 Å². The van der Waals surface area contributed by atoms with Crippen LogP contribution in [-0.2, 0) is 0 Å². The van der Waals surface area contributed by atoms with Gasteiger partial charge in [-0.3, -0.25) is 4.79 Å². The van der Waals surface area contributed by atoms with Gasteiger partial charge in [0.15, 0.2) is 5.78 Å². The highest BCUT2D eigenvalue weighted by Gasteiger charge is 2.29. The number of halogens is 1. The number of carbonyl (C=O) groups is 1. The van der Waals surface area contributed by atoms with Crippen LogP contribution in [0, 0.1) is 5.92 Å². The normalized spacial score (nSPS) is 14.4. The average molecular weight is 500 g/mol. The Balaban J connectivity index is 1.77. The fourth-order valence-electron chi connectivity index (χ4n) is 5.09. The summed E-state index contributed by atoms with van der Waals surface area (Å²) in [7, 11) is 0. The topological polar surface area (TPSA) is 37.3 Å². The molecule has 3 heteroatoms. The van der Waals surface area contributed by atoms with Crippen molar-refractivity contribution in [2.75, 3.05) is 0 Å². The number of hydrogen-bond acceptors (Lipinski definition) is 2. The zero-order chi connectivity index (χ0) is 22.9. The predicted octanol–water partition coefficient (Wildman–Crippen LogP) is 9.79. The number of Topliss-reactive ketones (excluding diaryl/α,β-unsaturated/α-hetero) is 1. The van der Waals surface area contributed by atoms with Gasteiger partial charge in [-0.2, -0.15) is 0 Å². The second-order valence-corrected chi connectivity index (χ2v) is 10.3. The molecule has 0 aliphatic heterocycles. The molecule has 0 spiro atoms. The summed E-state index contributed by atoms with van der Waals surface area (Å²) in [5.74, 6) is 0.684. The first kappa shape index (κ1) is 25.0. The van der Waals surface area contributed by atoms with Gasteiger partial charge in [0.25, 0.3) is 0 Å². The van der Waals surface area contributed by atoms with Crippen LogP contribution < -0.4 is 0 Å². The Hall–Kier alpha value is -1.61. The van der Waals surface area contributed by atoms with Crippen molar-refractivity contribution < 1.29 is 9.90 Å². The largest absolute Gasteiger partial charge is 0.507 e. The van der Waals surface area contributed by atoms with E-state index in [0.717, 1.165) is 39.2 Å². The molecule has 2 aromatic rings. The van der Waals surface area contributed by atoms with Crippen LogP contribution >= 0.6 is 15.9 Å². The Morgan fingerprint density at radius 3 is 2.12 bits per heavy atom. The Kier molecular flexibility index (Phi) is 9.84. The van der Waals surface area contributed by atoms with E-state index in [1.165, 1.54) is 64.2 Å². The molecule has 0 saturated carbocycles. The zero-order valence-corrected chi connectivity index (χ0v) is 21.5. The van der Waals surface area contributed by atoms with E-state index >= 15 is 0 Å². The van der Waals surface area contributed by atoms with Crippen LogP contribution in [0.3, 0.4) is 0 Å². The molecule has 0 amide bonds. The number of aliphatic hydroxyl groups is 1. The summed E-state index contributed by atoms with van der Waals surface area (Å²) in [6, 6.07) is 9.79. The van der Waals surface area contributed by atoms with Crippen molar-refractivity contribution in [1.29, 1.82) is 0 Å². The van der Waals surface area contributed by atoms with Gasteiger partial charge in [0.2, 0.25) is 0 Å². The molecule has 174 valence electrons. The lowest BCUT2D eigenvalue weighted by Gasteiger charge is -2.24. The summed E-state index contributed by atoms with van der Waals surface area (Å²) in [5.41, 5.74) is 2.16. The van der Waals surface area contributed by atoms with E-state index in [0.29, 0.717) is 17.9 Å². The second kappa shape index (κ2) is 12.6. The van der Waals surface area contributed by atoms with Crippen LogP contribution in [0.4, 0.5) is 0 Å². The highest BCUT2D eigenvalue weighted by atomic mass is 79.9. The number of rotatable bonds is 14. The van der Waals surface area contributed by atoms with Crippen molar-refractivity contribution >= 4 is 38.2 Å². The minimum atomic E-state index is 0.0141. The van der Waals surface area contributed by atoms with Crippen molar-refractivity contribution in [3.63, 3.8) is 0 Å². The molecule has 2 aromatic carbocycles. The maximum atomic E-state index is 13.5. The third-order valence-electron chi connectivity index (χ3n) is 6.97. The van der Waals surface area contributed by atoms with Gasteiger partial charge in [-0.1, -0.05) is 125 Å². The second-order valence-electron chi connectivity index (χ2n) is 9.46. The quantitative estimate of drug-likeness (QED) is 0.263. The Labute approximate surface area is 202 Å². The summed E-state index contributed by atoms with van der Waals surface area (Å²) in [4.78, 5) is 13.5. The van der Waals surface area contributed by atoms with Gasteiger partial charge < -0.3 is 5.11 Å². The lowest BCUT2D eigenvalue weighted by molar-refractivity contribution is 0.102. The van der Waals surface area contributed by atoms with Gasteiger partial charge in [0.1, 0.15) is 5.76 Å². The first-order valence-corrected chi connectivity index (χ1v) is 13.6. The molecule has 0 bridgehead atoms. The molecule has 2 nitrogen and oxygen atoms in total. The first-order valence-electron chi connectivity index (χ1n) is 12.8. The SMILES string of the molecule is CCCCCCCCC(CCCCCC)CC1=C(O)c2ccc(Br)c3cccc(c23)C1=O. The number of allylic oxidation sites excluding steroid dienone is 1. The fourth-order valence-corrected chi connectivity index (χ4v) is 5.55. The molecule has 0 radical (unpaired) electrons. The van der Waals surface area contributed by atoms with Crippen molar-refractivity contribution in [3.05, 3.63) is 51.5 Å². The van der Waals surface area contributed by atoms with Gasteiger partial charge in [0, 0.05) is 26.6 Å². The number of hydrogen-bond donors (Lipinski definition) is 1. The number of ketones is 1. The smallest absolute Gasteiger partial charge is 0.193 e. The molecular weight excluding hydrogens is 460 g/mol. The summed E-state index contributed by atoms with van der Waals surface area (Å²) >= 11 is 3.60. The summed E-state index contributed by atoms with van der Waals surface area (Å²) < 4.78 is 0.957. The molecule has 0 heterocycles. The van der Waals surface area contributed by atoms with E-state index in [1.54, 1.807) is 0 Å². The predicted molar refractivity (Wildman–Crippen MR) is 140 cm³/mol. The van der Waals surface area contributed by atoms with Crippen molar-refractivity contribution in [1.82, 2.24) is 0 Å². The molecule has 1 aliphatic rings. The standard InChI is InChI=1S/C29H39BrO2/c1-3-5-7-9-10-12-15-21(14-11-8-6-4-2)20-25-28(31)23-17-13-16-22-26(30)19-18-24(27(22)23)29(25)32/h13,16-19,21,32H,3-12,14-15,20H2,1-2H3. The lowest BCUT2D eigenvalue weighted by Crippen LogP contribution is -2.16. The maximum Gasteiger partial charge on any atom is 0.193 e. The van der Waals surface area contributed by atoms with Gasteiger partial charge in [-0.15, -0.1) is 0 Å². The summed E-state index contributed by atoms with van der Waals surface area (Å²) in [6.07, 6.45) is 15.7. The van der Waals surface area contributed by atoms with Crippen molar-refractivity contribution in [2.45, 2.75) is 97.3 Å². The maximum absolute atomic E-state index is 13.5. The van der Waals surface area contributed by atoms with E-state index in [2.05, 4.69) is 29.8 Å². The van der Waals surface area contributed by atoms with E-state index in [9.17, 15) is 9.90 Å². The van der Waals surface area contributed by atoms with Crippen LogP contribution in [0.2, 0.25) is 0 Å². The van der Waals surface area contributed by atoms with Crippen LogP contribution in [0.15, 0.2) is 40.4 Å². The molecular formula is C29H39BrO2. The van der Waals surface area contributed by atoms with Crippen molar-refractivity contribution in [3.8, 4) is 0 Å². The summed E-state index contributed by atoms with van der Waals surface area (Å²) in [6.45, 7) is 4.50. The number of aliphatic hydroxyl groups excluding tert-OH is 1. The number of benzene rings is 2. The highest BCUT2D eigenvalue weighted by molar-refractivity contribution is 9.10. The Bertz CT molecular complexity index is 944. The molecule has 3 rings (SSSR count). The number of carbonyl (C=O) groups excluding carboxylic acids is 1. The van der Waals surface area contributed by atoms with Crippen LogP contribution in [-0.4, -0.2) is 10.9 Å². The Morgan fingerprint density at radius 1 is 0.812 bits per heavy atom. The molecule has 1 N–H and O–H groups in total. The minimum Gasteiger partial charge on any atom is -0.507 e. The molecule has 32 heavy (non-hydrogen) atoms. The van der Waals surface area contributed by atoms with Gasteiger partial charge >= 0.3 is 0 Å². The van der Waals surface area contributed by atoms with Crippen LogP contribution in [0.25, 0.3) is 16.5 Å². The highest BCUT2D eigenvalue weighted by Crippen LogP contribution is 2.40. The Morgan fingerprint density at radius 2 is 1.44 bits per heavy atom. The molecule has 0 fully saturated rings. The van der Waals surface area contributed by atoms with Gasteiger partial charge in [-0.05, 0) is 29.9 Å². The van der Waals surface area contributed by atoms with E-state index in [-0.39, 0.29) is 11.5 Å². The lowest BCUT2D eigenvalue weighted by atomic mass is 9.81. The first-order chi connectivity index (χ1) is 15.6. The number of unbranched alkanes of at least 4 members (excludes halogenated alkanes) is 8. The monoisotopic (exact) mass is 498 g/mol. The van der Waals surface area contributed by atoms with E-state index in [4.69, 9.17) is 0 Å².